The van der Waals surface area contributed by atoms with Crippen LogP contribution >= 0.6 is 0 Å². The SMILES string of the molecule is COc1ccc2cc(CN(C)C(=O)COC(=O)c3cc4ccccc4[nH]3)ccc2c1. The summed E-state index contributed by atoms with van der Waals surface area (Å²) in [5.41, 5.74) is 2.17. The predicted octanol–water partition coefficient (Wildman–Crippen LogP) is 4.15. The Labute approximate surface area is 174 Å². The zero-order valence-corrected chi connectivity index (χ0v) is 16.8. The van der Waals surface area contributed by atoms with Gasteiger partial charge in [0.1, 0.15) is 11.4 Å². The van der Waals surface area contributed by atoms with Crippen LogP contribution in [0.15, 0.2) is 66.7 Å². The van der Waals surface area contributed by atoms with Crippen LogP contribution in [0.25, 0.3) is 21.7 Å². The summed E-state index contributed by atoms with van der Waals surface area (Å²) in [6.07, 6.45) is 0. The number of rotatable bonds is 6. The molecular weight excluding hydrogens is 380 g/mol. The predicted molar refractivity (Wildman–Crippen MR) is 116 cm³/mol. The van der Waals surface area contributed by atoms with Gasteiger partial charge in [-0.1, -0.05) is 36.4 Å². The van der Waals surface area contributed by atoms with Crippen molar-refractivity contribution in [3.63, 3.8) is 0 Å². The number of H-pyrrole nitrogens is 1. The second-order valence-corrected chi connectivity index (χ2v) is 7.14. The second-order valence-electron chi connectivity index (χ2n) is 7.14. The van der Waals surface area contributed by atoms with Gasteiger partial charge < -0.3 is 19.4 Å². The van der Waals surface area contributed by atoms with E-state index in [1.54, 1.807) is 25.1 Å². The van der Waals surface area contributed by atoms with Crippen LogP contribution in [0.4, 0.5) is 0 Å². The fourth-order valence-corrected chi connectivity index (χ4v) is 3.36. The number of aromatic nitrogens is 1. The Morgan fingerprint density at radius 3 is 2.50 bits per heavy atom. The smallest absolute Gasteiger partial charge is 0.355 e. The minimum atomic E-state index is -0.549. The number of hydrogen-bond acceptors (Lipinski definition) is 4. The van der Waals surface area contributed by atoms with Gasteiger partial charge in [0, 0.05) is 24.5 Å². The first-order valence-electron chi connectivity index (χ1n) is 9.59. The molecule has 0 radical (unpaired) electrons. The third kappa shape index (κ3) is 4.12. The van der Waals surface area contributed by atoms with Gasteiger partial charge in [-0.3, -0.25) is 4.79 Å². The highest BCUT2D eigenvalue weighted by molar-refractivity contribution is 5.95. The quantitative estimate of drug-likeness (QED) is 0.492. The van der Waals surface area contributed by atoms with E-state index < -0.39 is 5.97 Å². The van der Waals surface area contributed by atoms with Crippen molar-refractivity contribution in [2.24, 2.45) is 0 Å². The van der Waals surface area contributed by atoms with Crippen molar-refractivity contribution in [3.8, 4) is 5.75 Å². The van der Waals surface area contributed by atoms with Crippen molar-refractivity contribution >= 4 is 33.6 Å². The van der Waals surface area contributed by atoms with Crippen LogP contribution in [0.5, 0.6) is 5.75 Å². The molecule has 30 heavy (non-hydrogen) atoms. The Morgan fingerprint density at radius 1 is 0.933 bits per heavy atom. The number of likely N-dealkylation sites (N-methyl/N-ethyl adjacent to an activating group) is 1. The van der Waals surface area contributed by atoms with Crippen LogP contribution in [0.3, 0.4) is 0 Å². The highest BCUT2D eigenvalue weighted by Crippen LogP contribution is 2.22. The summed E-state index contributed by atoms with van der Waals surface area (Å²) in [5.74, 6) is -0.0128. The minimum Gasteiger partial charge on any atom is -0.497 e. The van der Waals surface area contributed by atoms with E-state index in [0.717, 1.165) is 33.0 Å². The van der Waals surface area contributed by atoms with Crippen molar-refractivity contribution in [2.75, 3.05) is 20.8 Å². The largest absolute Gasteiger partial charge is 0.497 e. The summed E-state index contributed by atoms with van der Waals surface area (Å²) < 4.78 is 10.4. The van der Waals surface area contributed by atoms with E-state index in [4.69, 9.17) is 9.47 Å². The monoisotopic (exact) mass is 402 g/mol. The molecule has 0 aliphatic carbocycles. The third-order valence-electron chi connectivity index (χ3n) is 5.03. The number of methoxy groups -OCH3 is 1. The molecule has 3 aromatic carbocycles. The van der Waals surface area contributed by atoms with Crippen LogP contribution in [0.1, 0.15) is 16.1 Å². The van der Waals surface area contributed by atoms with E-state index in [0.29, 0.717) is 12.2 Å². The Hall–Kier alpha value is -3.80. The average molecular weight is 402 g/mol. The van der Waals surface area contributed by atoms with Gasteiger partial charge in [0.25, 0.3) is 5.91 Å². The molecule has 4 aromatic rings. The van der Waals surface area contributed by atoms with Gasteiger partial charge in [-0.15, -0.1) is 0 Å². The molecule has 1 amide bonds. The second kappa shape index (κ2) is 8.29. The zero-order valence-electron chi connectivity index (χ0n) is 16.8. The number of para-hydroxylation sites is 1. The molecule has 0 unspecified atom stereocenters. The number of fused-ring (bicyclic) bond motifs is 2. The Kier molecular flexibility index (Phi) is 5.39. The van der Waals surface area contributed by atoms with E-state index in [-0.39, 0.29) is 12.5 Å². The fourth-order valence-electron chi connectivity index (χ4n) is 3.36. The maximum atomic E-state index is 12.4. The lowest BCUT2D eigenvalue weighted by Gasteiger charge is -2.17. The molecule has 0 aliphatic heterocycles. The maximum absolute atomic E-state index is 12.4. The minimum absolute atomic E-state index is 0.269. The highest BCUT2D eigenvalue weighted by atomic mass is 16.5. The molecule has 4 rings (SSSR count). The summed E-state index contributed by atoms with van der Waals surface area (Å²) in [6, 6.07) is 21.2. The molecule has 0 atom stereocenters. The van der Waals surface area contributed by atoms with Crippen molar-refractivity contribution in [2.45, 2.75) is 6.54 Å². The maximum Gasteiger partial charge on any atom is 0.355 e. The van der Waals surface area contributed by atoms with Crippen molar-refractivity contribution in [1.29, 1.82) is 0 Å². The molecule has 6 nitrogen and oxygen atoms in total. The van der Waals surface area contributed by atoms with Crippen molar-refractivity contribution in [3.05, 3.63) is 78.0 Å². The van der Waals surface area contributed by atoms with Crippen molar-refractivity contribution < 1.29 is 19.1 Å². The van der Waals surface area contributed by atoms with Gasteiger partial charge >= 0.3 is 5.97 Å². The number of carbonyl (C=O) groups excluding carboxylic acids is 2. The molecule has 152 valence electrons. The number of amides is 1. The van der Waals surface area contributed by atoms with E-state index in [1.807, 2.05) is 60.7 Å². The Morgan fingerprint density at radius 2 is 1.70 bits per heavy atom. The molecule has 0 fully saturated rings. The lowest BCUT2D eigenvalue weighted by molar-refractivity contribution is -0.133. The van der Waals surface area contributed by atoms with Gasteiger partial charge in [0.2, 0.25) is 0 Å². The molecule has 0 aliphatic rings. The lowest BCUT2D eigenvalue weighted by Crippen LogP contribution is -2.30. The van der Waals surface area contributed by atoms with Crippen LogP contribution in [-0.2, 0) is 16.1 Å². The van der Waals surface area contributed by atoms with Crippen LogP contribution in [0.2, 0.25) is 0 Å². The van der Waals surface area contributed by atoms with Gasteiger partial charge in [0.15, 0.2) is 6.61 Å². The summed E-state index contributed by atoms with van der Waals surface area (Å²) in [7, 11) is 3.33. The number of benzene rings is 3. The highest BCUT2D eigenvalue weighted by Gasteiger charge is 2.15. The number of ether oxygens (including phenoxy) is 2. The molecule has 0 bridgehead atoms. The number of nitrogens with one attached hydrogen (secondary N) is 1. The van der Waals surface area contributed by atoms with Gasteiger partial charge in [-0.25, -0.2) is 4.79 Å². The standard InChI is InChI=1S/C24H22N2O4/c1-26(14-16-7-8-18-12-20(29-2)10-9-17(18)11-16)23(27)15-30-24(28)22-13-19-5-3-4-6-21(19)25-22/h3-13,25H,14-15H2,1-2H3. The molecule has 0 spiro atoms. The number of aromatic amines is 1. The molecule has 1 aromatic heterocycles. The zero-order chi connectivity index (χ0) is 21.1. The normalized spacial score (nSPS) is 10.9. The number of nitrogens with zero attached hydrogens (tertiary/aromatic N) is 1. The topological polar surface area (TPSA) is 71.6 Å². The summed E-state index contributed by atoms with van der Waals surface area (Å²) in [6.45, 7) is 0.111. The molecule has 1 N–H and O–H groups in total. The fraction of sp³-hybridized carbons (Fsp3) is 0.167. The molecule has 6 heteroatoms. The molecule has 0 saturated carbocycles. The van der Waals surface area contributed by atoms with E-state index in [1.165, 1.54) is 0 Å². The van der Waals surface area contributed by atoms with Crippen LogP contribution < -0.4 is 4.74 Å². The van der Waals surface area contributed by atoms with Crippen molar-refractivity contribution in [1.82, 2.24) is 9.88 Å². The summed E-state index contributed by atoms with van der Waals surface area (Å²) in [4.78, 5) is 29.2. The Balaban J connectivity index is 1.36. The summed E-state index contributed by atoms with van der Waals surface area (Å²) >= 11 is 0. The third-order valence-corrected chi connectivity index (χ3v) is 5.03. The number of carbonyl (C=O) groups is 2. The molecular formula is C24H22N2O4. The van der Waals surface area contributed by atoms with Gasteiger partial charge in [-0.05, 0) is 46.7 Å². The van der Waals surface area contributed by atoms with Gasteiger partial charge in [-0.2, -0.15) is 0 Å². The Bertz CT molecular complexity index is 1200. The van der Waals surface area contributed by atoms with E-state index in [9.17, 15) is 9.59 Å². The first-order chi connectivity index (χ1) is 14.5. The average Bonchev–Trinajstić information content (AvgIpc) is 3.21. The van der Waals surface area contributed by atoms with Crippen LogP contribution in [-0.4, -0.2) is 42.5 Å². The van der Waals surface area contributed by atoms with E-state index in [2.05, 4.69) is 4.98 Å². The molecule has 1 heterocycles. The number of hydrogen-bond donors (Lipinski definition) is 1. The first-order valence-corrected chi connectivity index (χ1v) is 9.59. The van der Waals surface area contributed by atoms with Crippen LogP contribution in [0, 0.1) is 0 Å². The first kappa shape index (κ1) is 19.5. The summed E-state index contributed by atoms with van der Waals surface area (Å²) in [5, 5.41) is 3.06. The van der Waals surface area contributed by atoms with Gasteiger partial charge in [0.05, 0.1) is 7.11 Å². The van der Waals surface area contributed by atoms with E-state index >= 15 is 0 Å². The lowest BCUT2D eigenvalue weighted by atomic mass is 10.1. The number of esters is 1. The molecule has 0 saturated heterocycles.